The normalized spacial score (nSPS) is 20.7. The van der Waals surface area contributed by atoms with E-state index in [1.54, 1.807) is 6.92 Å². The van der Waals surface area contributed by atoms with Crippen LogP contribution >= 0.6 is 11.3 Å². The van der Waals surface area contributed by atoms with Crippen LogP contribution in [0.5, 0.6) is 0 Å². The van der Waals surface area contributed by atoms with Crippen molar-refractivity contribution >= 4 is 34.1 Å². The zero-order chi connectivity index (χ0) is 19.6. The monoisotopic (exact) mass is 393 g/mol. The Morgan fingerprint density at radius 3 is 2.81 bits per heavy atom. The minimum atomic E-state index is -0.488. The Bertz CT molecular complexity index is 746. The van der Waals surface area contributed by atoms with E-state index in [-0.39, 0.29) is 17.8 Å². The van der Waals surface area contributed by atoms with Gasteiger partial charge in [0.05, 0.1) is 24.1 Å². The number of anilines is 1. The first-order valence-electron chi connectivity index (χ1n) is 9.58. The Labute approximate surface area is 163 Å². The van der Waals surface area contributed by atoms with Crippen LogP contribution in [0, 0.1) is 5.92 Å². The predicted molar refractivity (Wildman–Crippen MR) is 104 cm³/mol. The summed E-state index contributed by atoms with van der Waals surface area (Å²) in [6.45, 7) is 5.26. The number of nitrogens with two attached hydrogens (primary N) is 1. The Morgan fingerprint density at radius 2 is 2.11 bits per heavy atom. The molecule has 0 unspecified atom stereocenters. The second-order valence-electron chi connectivity index (χ2n) is 7.18. The SMILES string of the molecule is CCOC(=O)[C@@H]1CCCN([C@@H](C)C(=O)Nc2sc3c(c2C(N)=O)CCC3)C1. The van der Waals surface area contributed by atoms with Crippen LogP contribution in [0.4, 0.5) is 5.00 Å². The number of hydrogen-bond donors (Lipinski definition) is 2. The number of fused-ring (bicyclic) bond motifs is 1. The molecule has 7 nitrogen and oxygen atoms in total. The van der Waals surface area contributed by atoms with Crippen LogP contribution in [-0.2, 0) is 27.2 Å². The highest BCUT2D eigenvalue weighted by atomic mass is 32.1. The number of carbonyl (C=O) groups is 3. The number of piperidine rings is 1. The first kappa shape index (κ1) is 19.8. The van der Waals surface area contributed by atoms with Crippen molar-refractivity contribution < 1.29 is 19.1 Å². The van der Waals surface area contributed by atoms with Gasteiger partial charge >= 0.3 is 5.97 Å². The number of thiophene rings is 1. The van der Waals surface area contributed by atoms with Crippen LogP contribution in [0.15, 0.2) is 0 Å². The van der Waals surface area contributed by atoms with E-state index >= 15 is 0 Å². The number of rotatable bonds is 6. The lowest BCUT2D eigenvalue weighted by molar-refractivity contribution is -0.150. The summed E-state index contributed by atoms with van der Waals surface area (Å²) in [5, 5.41) is 3.47. The summed E-state index contributed by atoms with van der Waals surface area (Å²) in [6, 6.07) is -0.403. The standard InChI is InChI=1S/C19H27N3O4S/c1-3-26-19(25)12-6-5-9-22(10-12)11(2)17(24)21-18-15(16(20)23)13-7-4-8-14(13)27-18/h11-12H,3-10H2,1-2H3,(H2,20,23)(H,21,24)/t11-,12+/m0/s1. The van der Waals surface area contributed by atoms with E-state index in [0.29, 0.717) is 23.7 Å². The van der Waals surface area contributed by atoms with Gasteiger partial charge < -0.3 is 15.8 Å². The van der Waals surface area contributed by atoms with Crippen molar-refractivity contribution in [2.24, 2.45) is 11.7 Å². The molecular formula is C19H27N3O4S. The maximum Gasteiger partial charge on any atom is 0.310 e. The van der Waals surface area contributed by atoms with Crippen LogP contribution < -0.4 is 11.1 Å². The van der Waals surface area contributed by atoms with E-state index in [1.165, 1.54) is 11.3 Å². The predicted octanol–water partition coefficient (Wildman–Crippen LogP) is 1.94. The van der Waals surface area contributed by atoms with Crippen molar-refractivity contribution in [3.8, 4) is 0 Å². The molecule has 0 saturated carbocycles. The molecule has 3 N–H and O–H groups in total. The van der Waals surface area contributed by atoms with Crippen LogP contribution in [-0.4, -0.2) is 48.4 Å². The average molecular weight is 394 g/mol. The molecule has 8 heteroatoms. The fourth-order valence-electron chi connectivity index (χ4n) is 3.95. The summed E-state index contributed by atoms with van der Waals surface area (Å²) in [5.41, 5.74) is 7.03. The van der Waals surface area contributed by atoms with Crippen LogP contribution in [0.3, 0.4) is 0 Å². The minimum absolute atomic E-state index is 0.179. The zero-order valence-electron chi connectivity index (χ0n) is 15.9. The molecule has 3 rings (SSSR count). The van der Waals surface area contributed by atoms with Crippen molar-refractivity contribution in [3.05, 3.63) is 16.0 Å². The van der Waals surface area contributed by atoms with Gasteiger partial charge in [0.25, 0.3) is 5.91 Å². The van der Waals surface area contributed by atoms with Gasteiger partial charge in [-0.2, -0.15) is 0 Å². The van der Waals surface area contributed by atoms with E-state index in [2.05, 4.69) is 5.32 Å². The molecule has 2 atom stereocenters. The first-order chi connectivity index (χ1) is 12.9. The van der Waals surface area contributed by atoms with Gasteiger partial charge in [0, 0.05) is 11.4 Å². The number of ether oxygens (including phenoxy) is 1. The van der Waals surface area contributed by atoms with E-state index < -0.39 is 11.9 Å². The van der Waals surface area contributed by atoms with Gasteiger partial charge in [-0.05, 0) is 58.1 Å². The summed E-state index contributed by atoms with van der Waals surface area (Å²) < 4.78 is 5.13. The number of nitrogens with one attached hydrogen (secondary N) is 1. The molecule has 1 saturated heterocycles. The molecule has 2 amide bonds. The number of likely N-dealkylation sites (tertiary alicyclic amines) is 1. The molecule has 1 aliphatic heterocycles. The number of amides is 2. The first-order valence-corrected chi connectivity index (χ1v) is 10.4. The lowest BCUT2D eigenvalue weighted by atomic mass is 9.97. The molecule has 2 heterocycles. The second-order valence-corrected chi connectivity index (χ2v) is 8.28. The molecule has 0 aromatic carbocycles. The smallest absolute Gasteiger partial charge is 0.310 e. The van der Waals surface area contributed by atoms with Gasteiger partial charge in [0.2, 0.25) is 5.91 Å². The Balaban J connectivity index is 1.68. The van der Waals surface area contributed by atoms with Gasteiger partial charge in [-0.1, -0.05) is 0 Å². The van der Waals surface area contributed by atoms with E-state index in [4.69, 9.17) is 10.5 Å². The van der Waals surface area contributed by atoms with E-state index in [0.717, 1.165) is 49.1 Å². The lowest BCUT2D eigenvalue weighted by Crippen LogP contribution is -2.48. The molecule has 1 aromatic rings. The van der Waals surface area contributed by atoms with Crippen LogP contribution in [0.1, 0.15) is 53.9 Å². The van der Waals surface area contributed by atoms with E-state index in [9.17, 15) is 14.4 Å². The molecule has 0 radical (unpaired) electrons. The number of primary amides is 1. The second kappa shape index (κ2) is 8.39. The summed E-state index contributed by atoms with van der Waals surface area (Å²) in [5.74, 6) is -1.05. The Morgan fingerprint density at radius 1 is 1.33 bits per heavy atom. The third-order valence-corrected chi connectivity index (χ3v) is 6.61. The molecule has 27 heavy (non-hydrogen) atoms. The number of hydrogen-bond acceptors (Lipinski definition) is 6. The van der Waals surface area contributed by atoms with Gasteiger partial charge in [-0.25, -0.2) is 0 Å². The molecule has 0 bridgehead atoms. The largest absolute Gasteiger partial charge is 0.466 e. The highest BCUT2D eigenvalue weighted by molar-refractivity contribution is 7.17. The summed E-state index contributed by atoms with van der Waals surface area (Å²) in [7, 11) is 0. The molecular weight excluding hydrogens is 366 g/mol. The molecule has 1 aliphatic carbocycles. The molecule has 0 spiro atoms. The topological polar surface area (TPSA) is 102 Å². The van der Waals surface area contributed by atoms with Crippen LogP contribution in [0.2, 0.25) is 0 Å². The van der Waals surface area contributed by atoms with Crippen molar-refractivity contribution in [1.82, 2.24) is 4.90 Å². The van der Waals surface area contributed by atoms with Gasteiger partial charge in [0.1, 0.15) is 5.00 Å². The molecule has 1 fully saturated rings. The van der Waals surface area contributed by atoms with Crippen molar-refractivity contribution in [2.75, 3.05) is 25.0 Å². The van der Waals surface area contributed by atoms with Crippen molar-refractivity contribution in [3.63, 3.8) is 0 Å². The Hall–Kier alpha value is -1.93. The third kappa shape index (κ3) is 4.16. The molecule has 148 valence electrons. The Kier molecular flexibility index (Phi) is 6.16. The van der Waals surface area contributed by atoms with Crippen LogP contribution in [0.25, 0.3) is 0 Å². The number of carbonyl (C=O) groups excluding carboxylic acids is 3. The van der Waals surface area contributed by atoms with Gasteiger partial charge in [-0.3, -0.25) is 19.3 Å². The van der Waals surface area contributed by atoms with Crippen molar-refractivity contribution in [1.29, 1.82) is 0 Å². The third-order valence-electron chi connectivity index (χ3n) is 5.40. The van der Waals surface area contributed by atoms with Gasteiger partial charge in [0.15, 0.2) is 0 Å². The van der Waals surface area contributed by atoms with Crippen molar-refractivity contribution in [2.45, 2.75) is 52.0 Å². The maximum absolute atomic E-state index is 12.8. The highest BCUT2D eigenvalue weighted by Gasteiger charge is 2.33. The highest BCUT2D eigenvalue weighted by Crippen LogP contribution is 2.39. The fourth-order valence-corrected chi connectivity index (χ4v) is 5.24. The fraction of sp³-hybridized carbons (Fsp3) is 0.632. The maximum atomic E-state index is 12.8. The summed E-state index contributed by atoms with van der Waals surface area (Å²) in [4.78, 5) is 39.9. The number of nitrogens with zero attached hydrogens (tertiary/aromatic N) is 1. The lowest BCUT2D eigenvalue weighted by Gasteiger charge is -2.35. The zero-order valence-corrected chi connectivity index (χ0v) is 16.7. The summed E-state index contributed by atoms with van der Waals surface area (Å²) >= 11 is 1.46. The molecule has 2 aliphatic rings. The molecule has 1 aromatic heterocycles. The van der Waals surface area contributed by atoms with Gasteiger partial charge in [-0.15, -0.1) is 11.3 Å². The number of esters is 1. The van der Waals surface area contributed by atoms with E-state index in [1.807, 2.05) is 11.8 Å². The number of aryl methyl sites for hydroxylation is 1. The quantitative estimate of drug-likeness (QED) is 0.719. The minimum Gasteiger partial charge on any atom is -0.466 e. The summed E-state index contributed by atoms with van der Waals surface area (Å²) in [6.07, 6.45) is 4.42. The average Bonchev–Trinajstić information content (AvgIpc) is 3.21.